The number of hydrogen-bond acceptors (Lipinski definition) is 6. The number of hydrogen-bond donors (Lipinski definition) is 0. The maximum Gasteiger partial charge on any atom is 0.445 e. The lowest BCUT2D eigenvalue weighted by molar-refractivity contribution is -0.138. The number of nitrogens with zero attached hydrogens (tertiary/aromatic N) is 4. The highest BCUT2D eigenvalue weighted by Gasteiger charge is 2.35. The summed E-state index contributed by atoms with van der Waals surface area (Å²) in [5.41, 5.74) is 0.275. The summed E-state index contributed by atoms with van der Waals surface area (Å²) in [7, 11) is 0. The van der Waals surface area contributed by atoms with Crippen molar-refractivity contribution in [2.45, 2.75) is 19.3 Å². The Kier molecular flexibility index (Phi) is 5.17. The second kappa shape index (κ2) is 7.39. The monoisotopic (exact) mass is 404 g/mol. The van der Waals surface area contributed by atoms with Crippen molar-refractivity contribution in [1.82, 2.24) is 20.0 Å². The normalized spacial score (nSPS) is 11.8. The van der Waals surface area contributed by atoms with Crippen LogP contribution in [0.15, 0.2) is 41.2 Å². The Labute approximate surface area is 151 Å². The Bertz CT molecular complexity index is 985. The average molecular weight is 404 g/mol. The number of aromatic nitrogens is 4. The fourth-order valence-corrected chi connectivity index (χ4v) is 2.77. The van der Waals surface area contributed by atoms with Crippen LogP contribution in [0.1, 0.15) is 10.0 Å². The van der Waals surface area contributed by atoms with Gasteiger partial charge in [0.15, 0.2) is 0 Å². The van der Waals surface area contributed by atoms with Gasteiger partial charge in [0.2, 0.25) is 5.01 Å². The van der Waals surface area contributed by atoms with Crippen LogP contribution in [0.5, 0.6) is 5.75 Å². The summed E-state index contributed by atoms with van der Waals surface area (Å²) in [4.78, 5) is 11.9. The molecule has 3 rings (SSSR count). The van der Waals surface area contributed by atoms with Gasteiger partial charge in [0.05, 0.1) is 12.2 Å². The molecule has 0 saturated carbocycles. The van der Waals surface area contributed by atoms with Gasteiger partial charge in [-0.1, -0.05) is 11.3 Å². The van der Waals surface area contributed by atoms with Crippen molar-refractivity contribution in [2.24, 2.45) is 0 Å². The largest absolute Gasteiger partial charge is 0.445 e. The van der Waals surface area contributed by atoms with Crippen molar-refractivity contribution >= 4 is 11.3 Å². The van der Waals surface area contributed by atoms with Crippen LogP contribution in [0.4, 0.5) is 22.0 Å². The molecule has 6 nitrogen and oxygen atoms in total. The van der Waals surface area contributed by atoms with Gasteiger partial charge in [-0.15, -0.1) is 10.2 Å². The summed E-state index contributed by atoms with van der Waals surface area (Å²) >= 11 is 0.318. The maximum absolute atomic E-state index is 12.6. The predicted molar refractivity (Wildman–Crippen MR) is 84.6 cm³/mol. The van der Waals surface area contributed by atoms with Crippen molar-refractivity contribution in [3.63, 3.8) is 0 Å². The number of benzene rings is 1. The van der Waals surface area contributed by atoms with Gasteiger partial charge in [-0.25, -0.2) is 4.68 Å². The molecule has 142 valence electrons. The Morgan fingerprint density at radius 1 is 1.07 bits per heavy atom. The van der Waals surface area contributed by atoms with Gasteiger partial charge in [-0.3, -0.25) is 4.79 Å². The van der Waals surface area contributed by atoms with Gasteiger partial charge in [0.1, 0.15) is 10.8 Å². The molecule has 0 saturated heterocycles. The van der Waals surface area contributed by atoms with Crippen LogP contribution in [0.3, 0.4) is 0 Å². The standard InChI is InChI=1S/C15H9F5N4O2S/c16-14(17)26-9-3-1-8(2-4-9)10-5-6-12(25)24(23-10)7-11-21-22-13(27-11)15(18,19)20/h1-6,14H,7H2. The molecule has 0 spiro atoms. The molecule has 0 N–H and O–H groups in total. The lowest BCUT2D eigenvalue weighted by atomic mass is 10.1. The van der Waals surface area contributed by atoms with Crippen molar-refractivity contribution < 1.29 is 26.7 Å². The Hall–Kier alpha value is -2.89. The van der Waals surface area contributed by atoms with Crippen LogP contribution in [-0.4, -0.2) is 26.6 Å². The molecule has 0 radical (unpaired) electrons. The first-order chi connectivity index (χ1) is 12.7. The molecule has 0 amide bonds. The maximum atomic E-state index is 12.6. The first-order valence-corrected chi connectivity index (χ1v) is 8.07. The van der Waals surface area contributed by atoms with Crippen molar-refractivity contribution in [3.8, 4) is 17.0 Å². The fraction of sp³-hybridized carbons (Fsp3) is 0.200. The zero-order valence-corrected chi connectivity index (χ0v) is 14.0. The van der Waals surface area contributed by atoms with E-state index < -0.39 is 23.4 Å². The zero-order valence-electron chi connectivity index (χ0n) is 13.2. The molecule has 0 atom stereocenters. The van der Waals surface area contributed by atoms with Crippen LogP contribution in [0.2, 0.25) is 0 Å². The minimum absolute atomic E-state index is 0.0326. The van der Waals surface area contributed by atoms with Crippen molar-refractivity contribution in [2.75, 3.05) is 0 Å². The van der Waals surface area contributed by atoms with Gasteiger partial charge in [0, 0.05) is 11.6 Å². The molecule has 1 aromatic carbocycles. The highest BCUT2D eigenvalue weighted by atomic mass is 32.1. The van der Waals surface area contributed by atoms with Gasteiger partial charge >= 0.3 is 12.8 Å². The van der Waals surface area contributed by atoms with Gasteiger partial charge < -0.3 is 4.74 Å². The van der Waals surface area contributed by atoms with E-state index in [9.17, 15) is 26.7 Å². The Morgan fingerprint density at radius 2 is 1.78 bits per heavy atom. The molecule has 2 aromatic heterocycles. The summed E-state index contributed by atoms with van der Waals surface area (Å²) in [6.07, 6.45) is -4.61. The highest BCUT2D eigenvalue weighted by Crippen LogP contribution is 2.31. The number of ether oxygens (including phenoxy) is 1. The van der Waals surface area contributed by atoms with E-state index in [0.717, 1.165) is 4.68 Å². The zero-order chi connectivity index (χ0) is 19.6. The topological polar surface area (TPSA) is 69.9 Å². The summed E-state index contributed by atoms with van der Waals surface area (Å²) in [5.74, 6) is -0.0457. The van der Waals surface area contributed by atoms with Crippen LogP contribution >= 0.6 is 11.3 Å². The highest BCUT2D eigenvalue weighted by molar-refractivity contribution is 7.11. The Balaban J connectivity index is 1.84. The smallest absolute Gasteiger partial charge is 0.435 e. The fourth-order valence-electron chi connectivity index (χ4n) is 2.08. The van der Waals surface area contributed by atoms with E-state index >= 15 is 0 Å². The first kappa shape index (κ1) is 18.9. The third-order valence-electron chi connectivity index (χ3n) is 3.24. The average Bonchev–Trinajstić information content (AvgIpc) is 3.06. The summed E-state index contributed by atoms with van der Waals surface area (Å²) in [5, 5.41) is 9.40. The molecular formula is C15H9F5N4O2S. The lowest BCUT2D eigenvalue weighted by Gasteiger charge is -2.07. The van der Waals surface area contributed by atoms with Crippen molar-refractivity contribution in [3.05, 3.63) is 56.8 Å². The molecule has 0 aliphatic rings. The van der Waals surface area contributed by atoms with E-state index in [-0.39, 0.29) is 17.3 Å². The van der Waals surface area contributed by atoms with Crippen LogP contribution in [0, 0.1) is 0 Å². The van der Waals surface area contributed by atoms with Gasteiger partial charge in [-0.05, 0) is 30.3 Å². The second-order valence-electron chi connectivity index (χ2n) is 5.12. The molecule has 0 unspecified atom stereocenters. The van der Waals surface area contributed by atoms with Crippen LogP contribution < -0.4 is 10.3 Å². The molecule has 2 heterocycles. The van der Waals surface area contributed by atoms with Crippen LogP contribution in [-0.2, 0) is 12.7 Å². The van der Waals surface area contributed by atoms with Gasteiger partial charge in [-0.2, -0.15) is 27.1 Å². The minimum Gasteiger partial charge on any atom is -0.435 e. The lowest BCUT2D eigenvalue weighted by Crippen LogP contribution is -2.22. The van der Waals surface area contributed by atoms with E-state index in [0.29, 0.717) is 22.6 Å². The second-order valence-corrected chi connectivity index (χ2v) is 6.18. The molecule has 0 bridgehead atoms. The van der Waals surface area contributed by atoms with E-state index in [2.05, 4.69) is 20.0 Å². The number of halogens is 5. The van der Waals surface area contributed by atoms with Gasteiger partial charge in [0.25, 0.3) is 5.56 Å². The van der Waals surface area contributed by atoms with Crippen molar-refractivity contribution in [1.29, 1.82) is 0 Å². The molecule has 0 aliphatic heterocycles. The third kappa shape index (κ3) is 4.64. The molecule has 3 aromatic rings. The predicted octanol–water partition coefficient (Wildman–Crippen LogP) is 3.43. The summed E-state index contributed by atoms with van der Waals surface area (Å²) in [6, 6.07) is 8.13. The molecule has 12 heteroatoms. The first-order valence-electron chi connectivity index (χ1n) is 7.25. The molecular weight excluding hydrogens is 395 g/mol. The third-order valence-corrected chi connectivity index (χ3v) is 4.19. The molecule has 0 fully saturated rings. The number of alkyl halides is 5. The minimum atomic E-state index is -4.61. The molecule has 27 heavy (non-hydrogen) atoms. The quantitative estimate of drug-likeness (QED) is 0.610. The number of rotatable bonds is 5. The van der Waals surface area contributed by atoms with Crippen LogP contribution in [0.25, 0.3) is 11.3 Å². The summed E-state index contributed by atoms with van der Waals surface area (Å²) < 4.78 is 67.3. The van der Waals surface area contributed by atoms with E-state index in [1.54, 1.807) is 0 Å². The summed E-state index contributed by atoms with van der Waals surface area (Å²) in [6.45, 7) is -3.24. The Morgan fingerprint density at radius 3 is 2.37 bits per heavy atom. The van der Waals surface area contributed by atoms with E-state index in [1.165, 1.54) is 36.4 Å². The van der Waals surface area contributed by atoms with E-state index in [4.69, 9.17) is 0 Å². The SMILES string of the molecule is O=c1ccc(-c2ccc(OC(F)F)cc2)nn1Cc1nnc(C(F)(F)F)s1. The molecule has 0 aliphatic carbocycles. The van der Waals surface area contributed by atoms with E-state index in [1.807, 2.05) is 0 Å².